The summed E-state index contributed by atoms with van der Waals surface area (Å²) in [5, 5.41) is 8.63. The fourth-order valence-corrected chi connectivity index (χ4v) is 7.38. The van der Waals surface area contributed by atoms with Gasteiger partial charge in [-0.05, 0) is 36.3 Å². The summed E-state index contributed by atoms with van der Waals surface area (Å²) in [4.78, 5) is 68.6. The molecule has 0 spiro atoms. The standard InChI is InChI=1S/C42H55N9O7/c1-27(2)36(48-42(55)57-5)39(53)50-21-11-22-51(50)40-43-24-32(46-40)30-17-13-28(14-18-30)29-15-19-31(20-16-29)37-33-26-58-23-10-8-6-7-9-12-34(38(45-33)47-37)49(3)35(52)25-44-41(54)56-4/h13-20,24,27,34,36H,6-12,21-23,25-26H2,1-5H3,(H,43,46)(H,44,54)(H,45,47)(H,48,55)/t34?,36-/m0/s1. The van der Waals surface area contributed by atoms with Gasteiger partial charge in [-0.25, -0.2) is 24.6 Å². The number of alkyl carbamates (subject to hydrolysis) is 2. The molecule has 4 aromatic rings. The molecule has 310 valence electrons. The first-order chi connectivity index (χ1) is 28.1. The SMILES string of the molecule is COC(=O)NCC(=O)N(C)C1CCCCCCCOCc2[nH]c1nc2-c1ccc(-c2ccc(-c3c[nH]c(N4CCCN4C(=O)[C@@H](NC(=O)OC)C(C)C)n3)cc2)cc1. The molecule has 2 aromatic heterocycles. The highest BCUT2D eigenvalue weighted by molar-refractivity contribution is 5.87. The largest absolute Gasteiger partial charge is 0.453 e. The number of ether oxygens (including phenoxy) is 3. The van der Waals surface area contributed by atoms with Crippen molar-refractivity contribution in [1.29, 1.82) is 0 Å². The van der Waals surface area contributed by atoms with Crippen LogP contribution in [0.1, 0.15) is 76.4 Å². The molecule has 4 heterocycles. The molecule has 1 fully saturated rings. The maximum Gasteiger partial charge on any atom is 0.407 e. The molecule has 2 aliphatic rings. The number of H-pyrrole nitrogens is 2. The van der Waals surface area contributed by atoms with E-state index >= 15 is 0 Å². The van der Waals surface area contributed by atoms with Gasteiger partial charge in [-0.15, -0.1) is 0 Å². The van der Waals surface area contributed by atoms with Crippen LogP contribution in [0.15, 0.2) is 54.7 Å². The average molecular weight is 798 g/mol. The zero-order chi connectivity index (χ0) is 41.2. The van der Waals surface area contributed by atoms with Crippen LogP contribution in [0, 0.1) is 5.92 Å². The number of nitrogens with zero attached hydrogens (tertiary/aromatic N) is 5. The molecule has 16 heteroatoms. The molecule has 2 bridgehead atoms. The van der Waals surface area contributed by atoms with E-state index in [2.05, 4.69) is 49.6 Å². The second-order valence-corrected chi connectivity index (χ2v) is 15.0. The topological polar surface area (TPSA) is 187 Å². The summed E-state index contributed by atoms with van der Waals surface area (Å²) in [6, 6.07) is 15.3. The van der Waals surface area contributed by atoms with E-state index < -0.39 is 18.2 Å². The van der Waals surface area contributed by atoms with Crippen molar-refractivity contribution < 1.29 is 33.4 Å². The Balaban J connectivity index is 1.17. The summed E-state index contributed by atoms with van der Waals surface area (Å²) in [5.74, 6) is 0.639. The molecule has 2 aliphatic heterocycles. The van der Waals surface area contributed by atoms with E-state index in [1.165, 1.54) is 14.2 Å². The summed E-state index contributed by atoms with van der Waals surface area (Å²) in [7, 11) is 4.29. The van der Waals surface area contributed by atoms with Crippen molar-refractivity contribution in [3.8, 4) is 33.6 Å². The number of amides is 4. The first-order valence-electron chi connectivity index (χ1n) is 20.0. The van der Waals surface area contributed by atoms with Gasteiger partial charge in [-0.2, -0.15) is 0 Å². The number of hydrogen-bond acceptors (Lipinski definition) is 10. The third-order valence-electron chi connectivity index (χ3n) is 10.7. The smallest absolute Gasteiger partial charge is 0.407 e. The number of aromatic nitrogens is 4. The molecule has 16 nitrogen and oxygen atoms in total. The molecule has 1 unspecified atom stereocenters. The maximum atomic E-state index is 13.5. The molecule has 1 saturated heterocycles. The van der Waals surface area contributed by atoms with Crippen LogP contribution in [-0.4, -0.2) is 107 Å². The van der Waals surface area contributed by atoms with E-state index in [0.717, 1.165) is 84.3 Å². The van der Waals surface area contributed by atoms with Gasteiger partial charge in [0.25, 0.3) is 5.91 Å². The number of benzene rings is 2. The number of carbonyl (C=O) groups excluding carboxylic acids is 4. The van der Waals surface area contributed by atoms with Gasteiger partial charge in [0.2, 0.25) is 11.9 Å². The van der Waals surface area contributed by atoms with Gasteiger partial charge in [0.1, 0.15) is 18.4 Å². The van der Waals surface area contributed by atoms with Crippen LogP contribution < -0.4 is 15.6 Å². The fraction of sp³-hybridized carbons (Fsp3) is 0.476. The maximum absolute atomic E-state index is 13.5. The van der Waals surface area contributed by atoms with E-state index in [0.29, 0.717) is 38.1 Å². The van der Waals surface area contributed by atoms with Crippen molar-refractivity contribution in [3.05, 3.63) is 66.2 Å². The Labute approximate surface area is 339 Å². The predicted octanol–water partition coefficient (Wildman–Crippen LogP) is 6.19. The van der Waals surface area contributed by atoms with Crippen LogP contribution in [0.4, 0.5) is 15.5 Å². The van der Waals surface area contributed by atoms with Gasteiger partial charge in [-0.1, -0.05) is 88.1 Å². The fourth-order valence-electron chi connectivity index (χ4n) is 7.38. The molecule has 2 atom stereocenters. The van der Waals surface area contributed by atoms with E-state index in [1.54, 1.807) is 17.0 Å². The van der Waals surface area contributed by atoms with Crippen molar-refractivity contribution in [2.24, 2.45) is 5.92 Å². The van der Waals surface area contributed by atoms with Gasteiger partial charge in [0.05, 0.1) is 44.0 Å². The number of imidazole rings is 2. The molecule has 0 aliphatic carbocycles. The third kappa shape index (κ3) is 9.96. The van der Waals surface area contributed by atoms with Crippen LogP contribution in [0.3, 0.4) is 0 Å². The van der Waals surface area contributed by atoms with Crippen LogP contribution in [0.25, 0.3) is 33.6 Å². The number of carbonyl (C=O) groups is 4. The highest BCUT2D eigenvalue weighted by atomic mass is 16.5. The number of nitrogens with one attached hydrogen (secondary N) is 4. The Morgan fingerprint density at radius 1 is 0.862 bits per heavy atom. The number of fused-ring (bicyclic) bond motifs is 2. The van der Waals surface area contributed by atoms with Crippen LogP contribution >= 0.6 is 0 Å². The molecule has 4 amide bonds. The van der Waals surface area contributed by atoms with Crippen molar-refractivity contribution in [3.63, 3.8) is 0 Å². The number of methoxy groups -OCH3 is 2. The van der Waals surface area contributed by atoms with E-state index in [-0.39, 0.29) is 30.3 Å². The summed E-state index contributed by atoms with van der Waals surface area (Å²) in [6.45, 7) is 5.74. The predicted molar refractivity (Wildman–Crippen MR) is 218 cm³/mol. The molecule has 58 heavy (non-hydrogen) atoms. The zero-order valence-corrected chi connectivity index (χ0v) is 34.0. The quantitative estimate of drug-likeness (QED) is 0.144. The summed E-state index contributed by atoms with van der Waals surface area (Å²) in [5.41, 5.74) is 6.27. The van der Waals surface area contributed by atoms with Gasteiger partial charge in [0, 0.05) is 44.1 Å². The van der Waals surface area contributed by atoms with Crippen molar-refractivity contribution in [1.82, 2.24) is 40.5 Å². The lowest BCUT2D eigenvalue weighted by molar-refractivity contribution is -0.134. The van der Waals surface area contributed by atoms with Crippen molar-refractivity contribution in [2.75, 3.05) is 52.5 Å². The normalized spacial score (nSPS) is 16.8. The number of anilines is 1. The van der Waals surface area contributed by atoms with Gasteiger partial charge >= 0.3 is 12.2 Å². The summed E-state index contributed by atoms with van der Waals surface area (Å²) < 4.78 is 15.5. The molecular weight excluding hydrogens is 743 g/mol. The zero-order valence-electron chi connectivity index (χ0n) is 34.0. The first-order valence-corrected chi connectivity index (χ1v) is 20.0. The van der Waals surface area contributed by atoms with E-state index in [1.807, 2.05) is 49.3 Å². The van der Waals surface area contributed by atoms with Crippen molar-refractivity contribution >= 4 is 29.9 Å². The summed E-state index contributed by atoms with van der Waals surface area (Å²) >= 11 is 0. The van der Waals surface area contributed by atoms with Crippen LogP contribution in [-0.2, 0) is 30.4 Å². The lowest BCUT2D eigenvalue weighted by atomic mass is 10.0. The minimum absolute atomic E-state index is 0.137. The number of rotatable bonds is 10. The van der Waals surface area contributed by atoms with Crippen molar-refractivity contribution in [2.45, 2.75) is 77.5 Å². The Morgan fingerprint density at radius 3 is 2.21 bits per heavy atom. The third-order valence-corrected chi connectivity index (χ3v) is 10.7. The number of aromatic amines is 2. The molecule has 0 radical (unpaired) electrons. The second-order valence-electron chi connectivity index (χ2n) is 15.0. The van der Waals surface area contributed by atoms with Gasteiger partial charge in [-0.3, -0.25) is 14.6 Å². The molecule has 4 N–H and O–H groups in total. The monoisotopic (exact) mass is 797 g/mol. The Morgan fingerprint density at radius 2 is 1.52 bits per heavy atom. The number of likely N-dealkylation sites (N-methyl/N-ethyl adjacent to an activating group) is 1. The van der Waals surface area contributed by atoms with Crippen LogP contribution in [0.2, 0.25) is 0 Å². The minimum Gasteiger partial charge on any atom is -0.453 e. The first kappa shape index (κ1) is 41.7. The summed E-state index contributed by atoms with van der Waals surface area (Å²) in [6.07, 6.45) is 7.18. The lowest BCUT2D eigenvalue weighted by Gasteiger charge is -2.32. The molecular formula is C42H55N9O7. The minimum atomic E-state index is -0.735. The second kappa shape index (κ2) is 19.5. The number of hydrazine groups is 1. The highest BCUT2D eigenvalue weighted by Gasteiger charge is 2.36. The number of hydrogen-bond donors (Lipinski definition) is 4. The lowest BCUT2D eigenvalue weighted by Crippen LogP contribution is -2.54. The Hall–Kier alpha value is -5.90. The molecule has 6 rings (SSSR count). The van der Waals surface area contributed by atoms with E-state index in [9.17, 15) is 19.2 Å². The van der Waals surface area contributed by atoms with Crippen LogP contribution in [0.5, 0.6) is 0 Å². The van der Waals surface area contributed by atoms with Gasteiger partial charge < -0.3 is 39.7 Å². The molecule has 0 saturated carbocycles. The Bertz CT molecular complexity index is 2010. The average Bonchev–Trinajstić information content (AvgIpc) is 4.03. The molecule has 2 aromatic carbocycles. The Kier molecular flexibility index (Phi) is 14.0. The highest BCUT2D eigenvalue weighted by Crippen LogP contribution is 2.33. The van der Waals surface area contributed by atoms with Gasteiger partial charge in [0.15, 0.2) is 0 Å². The van der Waals surface area contributed by atoms with E-state index in [4.69, 9.17) is 19.4 Å².